The second-order valence-electron chi connectivity index (χ2n) is 5.39. The predicted octanol–water partition coefficient (Wildman–Crippen LogP) is 3.36. The van der Waals surface area contributed by atoms with Crippen LogP contribution in [0.3, 0.4) is 0 Å². The van der Waals surface area contributed by atoms with E-state index in [-0.39, 0.29) is 18.8 Å². The molecule has 1 aliphatic rings. The summed E-state index contributed by atoms with van der Waals surface area (Å²) in [5.74, 6) is -0.178. The first-order chi connectivity index (χ1) is 11.1. The van der Waals surface area contributed by atoms with Crippen molar-refractivity contribution >= 4 is 17.8 Å². The third-order valence-corrected chi connectivity index (χ3v) is 3.74. The molecule has 0 spiro atoms. The number of ether oxygens (including phenoxy) is 1. The average molecular weight is 308 g/mol. The summed E-state index contributed by atoms with van der Waals surface area (Å²) in [5, 5.41) is 8.57. The second-order valence-corrected chi connectivity index (χ2v) is 5.39. The van der Waals surface area contributed by atoms with Gasteiger partial charge in [-0.25, -0.2) is 0 Å². The van der Waals surface area contributed by atoms with Gasteiger partial charge in [0.1, 0.15) is 5.75 Å². The van der Waals surface area contributed by atoms with E-state index < -0.39 is 5.97 Å². The van der Waals surface area contributed by atoms with Gasteiger partial charge in [0, 0.05) is 17.6 Å². The molecule has 0 atom stereocenters. The quantitative estimate of drug-likeness (QED) is 0.860. The fourth-order valence-electron chi connectivity index (χ4n) is 2.59. The molecule has 0 saturated heterocycles. The molecule has 0 unspecified atom stereocenters. The largest absolute Gasteiger partial charge is 0.493 e. The van der Waals surface area contributed by atoms with Crippen LogP contribution >= 0.6 is 0 Å². The number of fused-ring (bicyclic) bond motifs is 1. The van der Waals surface area contributed by atoms with Crippen molar-refractivity contribution < 1.29 is 19.4 Å². The number of allylic oxidation sites excluding steroid dienone is 1. The third kappa shape index (κ3) is 3.48. The zero-order valence-corrected chi connectivity index (χ0v) is 12.5. The summed E-state index contributed by atoms with van der Waals surface area (Å²) in [5.41, 5.74) is 3.56. The lowest BCUT2D eigenvalue weighted by Gasteiger charge is -2.04. The summed E-state index contributed by atoms with van der Waals surface area (Å²) in [4.78, 5) is 22.8. The second kappa shape index (κ2) is 6.48. The lowest BCUT2D eigenvalue weighted by atomic mass is 10.1. The Bertz CT molecular complexity index is 772. The molecule has 23 heavy (non-hydrogen) atoms. The number of ketones is 1. The molecule has 4 heteroatoms. The molecule has 0 aromatic heterocycles. The molecule has 3 rings (SSSR count). The molecule has 1 N–H and O–H groups in total. The Labute approximate surface area is 134 Å². The van der Waals surface area contributed by atoms with Crippen LogP contribution in [-0.2, 0) is 11.2 Å². The summed E-state index contributed by atoms with van der Waals surface area (Å²) < 4.78 is 5.35. The molecular formula is C19H16O4. The number of hydrogen-bond donors (Lipinski definition) is 1. The van der Waals surface area contributed by atoms with Crippen molar-refractivity contribution in [2.75, 3.05) is 6.61 Å². The van der Waals surface area contributed by atoms with Crippen LogP contribution in [0, 0.1) is 0 Å². The minimum Gasteiger partial charge on any atom is -0.493 e. The summed E-state index contributed by atoms with van der Waals surface area (Å²) in [6.07, 6.45) is 2.52. The van der Waals surface area contributed by atoms with Gasteiger partial charge in [0.25, 0.3) is 0 Å². The molecule has 0 saturated carbocycles. The van der Waals surface area contributed by atoms with Gasteiger partial charge in [0.05, 0.1) is 13.0 Å². The van der Waals surface area contributed by atoms with Gasteiger partial charge in [-0.2, -0.15) is 0 Å². The monoisotopic (exact) mass is 308 g/mol. The van der Waals surface area contributed by atoms with E-state index in [0.717, 1.165) is 22.3 Å². The Kier molecular flexibility index (Phi) is 4.24. The molecule has 4 nitrogen and oxygen atoms in total. The Morgan fingerprint density at radius 1 is 1.13 bits per heavy atom. The van der Waals surface area contributed by atoms with Crippen molar-refractivity contribution in [1.82, 2.24) is 0 Å². The molecule has 0 bridgehead atoms. The number of carbonyl (C=O) groups is 2. The van der Waals surface area contributed by atoms with Crippen molar-refractivity contribution in [1.29, 1.82) is 0 Å². The zero-order valence-electron chi connectivity index (χ0n) is 12.5. The van der Waals surface area contributed by atoms with E-state index in [2.05, 4.69) is 0 Å². The molecule has 0 heterocycles. The van der Waals surface area contributed by atoms with Crippen molar-refractivity contribution in [2.24, 2.45) is 0 Å². The molecule has 0 amide bonds. The predicted molar refractivity (Wildman–Crippen MR) is 86.6 cm³/mol. The highest BCUT2D eigenvalue weighted by molar-refractivity contribution is 6.15. The molecule has 0 radical (unpaired) electrons. The Morgan fingerprint density at radius 3 is 2.57 bits per heavy atom. The number of carbonyl (C=O) groups excluding carboxylic acids is 1. The fourth-order valence-corrected chi connectivity index (χ4v) is 2.59. The highest BCUT2D eigenvalue weighted by Gasteiger charge is 2.23. The number of hydrogen-bond acceptors (Lipinski definition) is 3. The topological polar surface area (TPSA) is 63.6 Å². The average Bonchev–Trinajstić information content (AvgIpc) is 2.85. The first-order valence-corrected chi connectivity index (χ1v) is 7.41. The van der Waals surface area contributed by atoms with Crippen LogP contribution in [0.2, 0.25) is 0 Å². The zero-order chi connectivity index (χ0) is 16.2. The van der Waals surface area contributed by atoms with Crippen molar-refractivity contribution in [3.63, 3.8) is 0 Å². The van der Waals surface area contributed by atoms with E-state index in [1.807, 2.05) is 42.5 Å². The van der Waals surface area contributed by atoms with E-state index in [0.29, 0.717) is 12.2 Å². The summed E-state index contributed by atoms with van der Waals surface area (Å²) in [6, 6.07) is 14.9. The van der Waals surface area contributed by atoms with E-state index in [9.17, 15) is 9.59 Å². The lowest BCUT2D eigenvalue weighted by molar-refractivity contribution is -0.137. The maximum Gasteiger partial charge on any atom is 0.306 e. The van der Waals surface area contributed by atoms with Crippen LogP contribution in [0.4, 0.5) is 0 Å². The molecule has 2 aromatic carbocycles. The smallest absolute Gasteiger partial charge is 0.306 e. The SMILES string of the molecule is O=C(O)CCOc1ccc(C=C2Cc3ccccc3C2=O)cc1. The standard InChI is InChI=1S/C19H16O4/c20-18(21)9-10-23-16-7-5-13(6-8-16)11-15-12-14-3-1-2-4-17(14)19(15)22/h1-8,11H,9-10,12H2,(H,20,21). The van der Waals surface area contributed by atoms with Crippen LogP contribution in [0.1, 0.15) is 27.9 Å². The molecule has 116 valence electrons. The minimum atomic E-state index is -0.884. The molecule has 0 fully saturated rings. The minimum absolute atomic E-state index is 0.0292. The number of carboxylic acids is 1. The van der Waals surface area contributed by atoms with Gasteiger partial charge in [-0.05, 0) is 29.3 Å². The first-order valence-electron chi connectivity index (χ1n) is 7.41. The molecular weight excluding hydrogens is 292 g/mol. The van der Waals surface area contributed by atoms with E-state index in [1.165, 1.54) is 0 Å². The highest BCUT2D eigenvalue weighted by atomic mass is 16.5. The maximum absolute atomic E-state index is 12.3. The number of rotatable bonds is 5. The molecule has 2 aromatic rings. The van der Waals surface area contributed by atoms with Gasteiger partial charge in [0.15, 0.2) is 5.78 Å². The summed E-state index contributed by atoms with van der Waals surface area (Å²) in [6.45, 7) is 0.142. The number of carboxylic acid groups (broad SMARTS) is 1. The van der Waals surface area contributed by atoms with E-state index in [4.69, 9.17) is 9.84 Å². The van der Waals surface area contributed by atoms with Gasteiger partial charge in [-0.3, -0.25) is 9.59 Å². The van der Waals surface area contributed by atoms with Crippen LogP contribution in [0.25, 0.3) is 6.08 Å². The molecule has 1 aliphatic carbocycles. The molecule has 0 aliphatic heterocycles. The number of aliphatic carboxylic acids is 1. The van der Waals surface area contributed by atoms with Crippen LogP contribution in [0.5, 0.6) is 5.75 Å². The van der Waals surface area contributed by atoms with Gasteiger partial charge in [-0.15, -0.1) is 0 Å². The van der Waals surface area contributed by atoms with Gasteiger partial charge in [0.2, 0.25) is 0 Å². The van der Waals surface area contributed by atoms with Gasteiger partial charge in [-0.1, -0.05) is 36.4 Å². The summed E-state index contributed by atoms with van der Waals surface area (Å²) in [7, 11) is 0. The Morgan fingerprint density at radius 2 is 1.87 bits per heavy atom. The fraction of sp³-hybridized carbons (Fsp3) is 0.158. The maximum atomic E-state index is 12.3. The normalized spacial score (nSPS) is 14.8. The van der Waals surface area contributed by atoms with Gasteiger partial charge >= 0.3 is 5.97 Å². The van der Waals surface area contributed by atoms with Crippen LogP contribution < -0.4 is 4.74 Å². The number of Topliss-reactive ketones (excluding diaryl/α,β-unsaturated/α-hetero) is 1. The van der Waals surface area contributed by atoms with E-state index >= 15 is 0 Å². The Balaban J connectivity index is 1.69. The third-order valence-electron chi connectivity index (χ3n) is 3.74. The highest BCUT2D eigenvalue weighted by Crippen LogP contribution is 2.27. The van der Waals surface area contributed by atoms with Gasteiger partial charge < -0.3 is 9.84 Å². The van der Waals surface area contributed by atoms with E-state index in [1.54, 1.807) is 12.1 Å². The lowest BCUT2D eigenvalue weighted by Crippen LogP contribution is -2.04. The van der Waals surface area contributed by atoms with Crippen molar-refractivity contribution in [2.45, 2.75) is 12.8 Å². The van der Waals surface area contributed by atoms with Crippen molar-refractivity contribution in [3.8, 4) is 5.75 Å². The number of benzene rings is 2. The van der Waals surface area contributed by atoms with Crippen LogP contribution in [-0.4, -0.2) is 23.5 Å². The summed E-state index contributed by atoms with van der Waals surface area (Å²) >= 11 is 0. The van der Waals surface area contributed by atoms with Crippen molar-refractivity contribution in [3.05, 3.63) is 70.8 Å². The first kappa shape index (κ1) is 15.0. The van der Waals surface area contributed by atoms with Crippen LogP contribution in [0.15, 0.2) is 54.1 Å². The Hall–Kier alpha value is -2.88.